The van der Waals surface area contributed by atoms with Gasteiger partial charge >= 0.3 is 0 Å². The summed E-state index contributed by atoms with van der Waals surface area (Å²) < 4.78 is 4.94. The summed E-state index contributed by atoms with van der Waals surface area (Å²) in [7, 11) is 0. The summed E-state index contributed by atoms with van der Waals surface area (Å²) in [6, 6.07) is 3.56. The monoisotopic (exact) mass is 164 g/mol. The molecule has 1 heterocycles. The van der Waals surface area contributed by atoms with Crippen LogP contribution in [0.3, 0.4) is 0 Å². The first-order chi connectivity index (χ1) is 5.65. The van der Waals surface area contributed by atoms with Crippen LogP contribution in [-0.2, 0) is 0 Å². The van der Waals surface area contributed by atoms with Crippen LogP contribution in [0.25, 0.3) is 0 Å². The maximum absolute atomic E-state index is 8.49. The van der Waals surface area contributed by atoms with Gasteiger partial charge in [0.25, 0.3) is 0 Å². The SMILES string of the molecule is CC(C)[C@@H](N)c1coc(C#N)c1. The third kappa shape index (κ3) is 1.66. The molecular weight excluding hydrogens is 152 g/mol. The number of hydrogen-bond acceptors (Lipinski definition) is 3. The number of rotatable bonds is 2. The lowest BCUT2D eigenvalue weighted by Crippen LogP contribution is -2.15. The summed E-state index contributed by atoms with van der Waals surface area (Å²) in [5.41, 5.74) is 6.73. The van der Waals surface area contributed by atoms with E-state index < -0.39 is 0 Å². The van der Waals surface area contributed by atoms with Gasteiger partial charge in [-0.3, -0.25) is 0 Å². The van der Waals surface area contributed by atoms with E-state index in [1.165, 1.54) is 0 Å². The minimum atomic E-state index is -0.0455. The molecule has 1 aromatic rings. The Labute approximate surface area is 71.8 Å². The minimum Gasteiger partial charge on any atom is -0.454 e. The molecule has 1 rings (SSSR count). The molecular formula is C9H12N2O. The Morgan fingerprint density at radius 2 is 2.25 bits per heavy atom. The molecule has 0 saturated heterocycles. The van der Waals surface area contributed by atoms with Gasteiger partial charge in [-0.15, -0.1) is 0 Å². The Morgan fingerprint density at radius 3 is 2.67 bits per heavy atom. The molecule has 0 unspecified atom stereocenters. The highest BCUT2D eigenvalue weighted by molar-refractivity contribution is 5.25. The molecule has 0 aliphatic heterocycles. The molecule has 3 nitrogen and oxygen atoms in total. The Bertz CT molecular complexity index is 296. The molecule has 64 valence electrons. The quantitative estimate of drug-likeness (QED) is 0.725. The van der Waals surface area contributed by atoms with Crippen molar-refractivity contribution >= 4 is 0 Å². The van der Waals surface area contributed by atoms with Gasteiger partial charge in [-0.1, -0.05) is 13.8 Å². The third-order valence-corrected chi connectivity index (χ3v) is 1.83. The smallest absolute Gasteiger partial charge is 0.203 e. The first-order valence-corrected chi connectivity index (χ1v) is 3.89. The van der Waals surface area contributed by atoms with Crippen molar-refractivity contribution in [2.75, 3.05) is 0 Å². The van der Waals surface area contributed by atoms with E-state index in [-0.39, 0.29) is 6.04 Å². The third-order valence-electron chi connectivity index (χ3n) is 1.83. The molecule has 0 bridgehead atoms. The molecule has 12 heavy (non-hydrogen) atoms. The average Bonchev–Trinajstić information content (AvgIpc) is 2.50. The lowest BCUT2D eigenvalue weighted by molar-refractivity contribution is 0.498. The van der Waals surface area contributed by atoms with Crippen LogP contribution in [0.4, 0.5) is 0 Å². The van der Waals surface area contributed by atoms with Gasteiger partial charge in [0.1, 0.15) is 6.07 Å². The van der Waals surface area contributed by atoms with Gasteiger partial charge in [0.2, 0.25) is 5.76 Å². The molecule has 0 fully saturated rings. The largest absolute Gasteiger partial charge is 0.454 e. The van der Waals surface area contributed by atoms with E-state index in [2.05, 4.69) is 0 Å². The van der Waals surface area contributed by atoms with E-state index in [0.29, 0.717) is 11.7 Å². The second kappa shape index (κ2) is 3.42. The van der Waals surface area contributed by atoms with Gasteiger partial charge in [-0.25, -0.2) is 0 Å². The van der Waals surface area contributed by atoms with Gasteiger partial charge in [-0.2, -0.15) is 5.26 Å². The predicted octanol–water partition coefficient (Wildman–Crippen LogP) is 1.81. The van der Waals surface area contributed by atoms with Crippen LogP contribution in [0.2, 0.25) is 0 Å². The molecule has 0 amide bonds. The minimum absolute atomic E-state index is 0.0455. The molecule has 0 radical (unpaired) electrons. The molecule has 0 aromatic carbocycles. The summed E-state index contributed by atoms with van der Waals surface area (Å²) in [5.74, 6) is 0.676. The fourth-order valence-electron chi connectivity index (χ4n) is 0.969. The zero-order valence-corrected chi connectivity index (χ0v) is 7.24. The zero-order chi connectivity index (χ0) is 9.14. The predicted molar refractivity (Wildman–Crippen MR) is 45.2 cm³/mol. The van der Waals surface area contributed by atoms with Gasteiger partial charge in [0.15, 0.2) is 0 Å². The van der Waals surface area contributed by atoms with E-state index in [9.17, 15) is 0 Å². The number of furan rings is 1. The summed E-state index contributed by atoms with van der Waals surface area (Å²) in [6.45, 7) is 4.06. The lowest BCUT2D eigenvalue weighted by atomic mass is 10.00. The molecule has 0 spiro atoms. The normalized spacial score (nSPS) is 12.9. The van der Waals surface area contributed by atoms with Crippen molar-refractivity contribution in [1.82, 2.24) is 0 Å². The number of nitriles is 1. The van der Waals surface area contributed by atoms with Gasteiger partial charge in [0.05, 0.1) is 6.26 Å². The van der Waals surface area contributed by atoms with E-state index in [1.54, 1.807) is 12.3 Å². The van der Waals surface area contributed by atoms with Crippen molar-refractivity contribution in [3.8, 4) is 6.07 Å². The average molecular weight is 164 g/mol. The maximum atomic E-state index is 8.49. The van der Waals surface area contributed by atoms with Crippen LogP contribution in [0, 0.1) is 17.2 Å². The Morgan fingerprint density at radius 1 is 1.58 bits per heavy atom. The van der Waals surface area contributed by atoms with Crippen LogP contribution in [0.5, 0.6) is 0 Å². The molecule has 0 saturated carbocycles. The Balaban J connectivity index is 2.83. The van der Waals surface area contributed by atoms with Crippen molar-refractivity contribution in [2.45, 2.75) is 19.9 Å². The molecule has 0 aliphatic rings. The van der Waals surface area contributed by atoms with Crippen molar-refractivity contribution < 1.29 is 4.42 Å². The van der Waals surface area contributed by atoms with Crippen LogP contribution >= 0.6 is 0 Å². The molecule has 0 aliphatic carbocycles. The fourth-order valence-corrected chi connectivity index (χ4v) is 0.969. The van der Waals surface area contributed by atoms with Crippen LogP contribution in [0.15, 0.2) is 16.7 Å². The van der Waals surface area contributed by atoms with Gasteiger partial charge in [-0.05, 0) is 12.0 Å². The first-order valence-electron chi connectivity index (χ1n) is 3.89. The maximum Gasteiger partial charge on any atom is 0.203 e. The van der Waals surface area contributed by atoms with Gasteiger partial charge < -0.3 is 10.2 Å². The highest BCUT2D eigenvalue weighted by atomic mass is 16.3. The zero-order valence-electron chi connectivity index (χ0n) is 7.24. The summed E-state index contributed by atoms with van der Waals surface area (Å²) in [4.78, 5) is 0. The first kappa shape index (κ1) is 8.82. The molecule has 2 N–H and O–H groups in total. The summed E-state index contributed by atoms with van der Waals surface area (Å²) >= 11 is 0. The fraction of sp³-hybridized carbons (Fsp3) is 0.444. The Hall–Kier alpha value is -1.27. The number of nitrogens with two attached hydrogens (primary N) is 1. The van der Waals surface area contributed by atoms with Crippen LogP contribution in [0.1, 0.15) is 31.2 Å². The molecule has 1 atom stereocenters. The van der Waals surface area contributed by atoms with E-state index in [0.717, 1.165) is 5.56 Å². The van der Waals surface area contributed by atoms with Crippen LogP contribution in [-0.4, -0.2) is 0 Å². The second-order valence-electron chi connectivity index (χ2n) is 3.13. The van der Waals surface area contributed by atoms with E-state index in [4.69, 9.17) is 15.4 Å². The lowest BCUT2D eigenvalue weighted by Gasteiger charge is -2.12. The van der Waals surface area contributed by atoms with Crippen LogP contribution < -0.4 is 5.73 Å². The van der Waals surface area contributed by atoms with E-state index in [1.807, 2.05) is 19.9 Å². The van der Waals surface area contributed by atoms with Gasteiger partial charge in [0, 0.05) is 11.6 Å². The number of hydrogen-bond donors (Lipinski definition) is 1. The summed E-state index contributed by atoms with van der Waals surface area (Å²) in [6.07, 6.45) is 1.54. The highest BCUT2D eigenvalue weighted by Crippen LogP contribution is 2.20. The van der Waals surface area contributed by atoms with Crippen molar-refractivity contribution in [3.05, 3.63) is 23.7 Å². The topological polar surface area (TPSA) is 62.9 Å². The Kier molecular flexibility index (Phi) is 2.51. The molecule has 3 heteroatoms. The number of nitrogens with zero attached hydrogens (tertiary/aromatic N) is 1. The summed E-state index contributed by atoms with van der Waals surface area (Å²) in [5, 5.41) is 8.49. The van der Waals surface area contributed by atoms with E-state index >= 15 is 0 Å². The highest BCUT2D eigenvalue weighted by Gasteiger charge is 2.12. The molecule has 1 aromatic heterocycles. The standard InChI is InChI=1S/C9H12N2O/c1-6(2)9(11)7-3-8(4-10)12-5-7/h3,5-6,9H,11H2,1-2H3/t9-/m1/s1. The second-order valence-corrected chi connectivity index (χ2v) is 3.13. The van der Waals surface area contributed by atoms with Crippen molar-refractivity contribution in [2.24, 2.45) is 11.7 Å². The van der Waals surface area contributed by atoms with Crippen molar-refractivity contribution in [1.29, 1.82) is 5.26 Å². The van der Waals surface area contributed by atoms with Crippen molar-refractivity contribution in [3.63, 3.8) is 0 Å².